The van der Waals surface area contributed by atoms with Crippen LogP contribution in [0.25, 0.3) is 0 Å². The van der Waals surface area contributed by atoms with Crippen molar-refractivity contribution in [3.05, 3.63) is 29.8 Å². The number of unbranched alkanes of at least 4 members (excludes halogenated alkanes) is 1. The van der Waals surface area contributed by atoms with Crippen molar-refractivity contribution in [2.24, 2.45) is 5.92 Å². The van der Waals surface area contributed by atoms with Gasteiger partial charge in [0.15, 0.2) is 0 Å². The van der Waals surface area contributed by atoms with Gasteiger partial charge in [0, 0.05) is 32.1 Å². The van der Waals surface area contributed by atoms with Gasteiger partial charge in [-0.15, -0.1) is 0 Å². The summed E-state index contributed by atoms with van der Waals surface area (Å²) in [5.41, 5.74) is 0.949. The van der Waals surface area contributed by atoms with Crippen molar-refractivity contribution in [1.29, 1.82) is 0 Å². The Morgan fingerprint density at radius 2 is 1.81 bits per heavy atom. The average Bonchev–Trinajstić information content (AvgIpc) is 3.14. The second-order valence-corrected chi connectivity index (χ2v) is 8.44. The summed E-state index contributed by atoms with van der Waals surface area (Å²) in [4.78, 5) is 41.6. The van der Waals surface area contributed by atoms with Crippen LogP contribution in [0.1, 0.15) is 57.6 Å². The van der Waals surface area contributed by atoms with Crippen molar-refractivity contribution in [1.82, 2.24) is 15.1 Å². The minimum Gasteiger partial charge on any atom is -0.497 e. The van der Waals surface area contributed by atoms with E-state index < -0.39 is 5.92 Å². The molecule has 1 N–H and O–H groups in total. The van der Waals surface area contributed by atoms with E-state index in [-0.39, 0.29) is 36.4 Å². The van der Waals surface area contributed by atoms with Gasteiger partial charge in [0.05, 0.1) is 25.7 Å². The Morgan fingerprint density at radius 3 is 2.41 bits per heavy atom. The van der Waals surface area contributed by atoms with E-state index in [0.717, 1.165) is 24.2 Å². The lowest BCUT2D eigenvalue weighted by atomic mass is 9.91. The van der Waals surface area contributed by atoms with Crippen LogP contribution in [0.2, 0.25) is 0 Å². The molecule has 1 aromatic carbocycles. The van der Waals surface area contributed by atoms with Crippen molar-refractivity contribution in [2.45, 2.75) is 58.0 Å². The molecular weight excluding hydrogens is 410 g/mol. The Labute approximate surface area is 190 Å². The molecule has 0 aromatic heterocycles. The molecule has 2 heterocycles. The highest BCUT2D eigenvalue weighted by atomic mass is 16.6. The molecule has 3 amide bonds. The highest BCUT2D eigenvalue weighted by Gasteiger charge is 2.44. The first-order valence-electron chi connectivity index (χ1n) is 11.6. The summed E-state index contributed by atoms with van der Waals surface area (Å²) >= 11 is 0. The number of rotatable bonds is 8. The van der Waals surface area contributed by atoms with E-state index in [1.807, 2.05) is 29.2 Å². The number of piperidine rings is 1. The van der Waals surface area contributed by atoms with E-state index in [9.17, 15) is 14.4 Å². The fourth-order valence-corrected chi connectivity index (χ4v) is 4.56. The molecule has 0 aliphatic carbocycles. The highest BCUT2D eigenvalue weighted by molar-refractivity contribution is 5.90. The minimum absolute atomic E-state index is 0.00973. The number of likely N-dealkylation sites (tertiary alicyclic amines) is 2. The van der Waals surface area contributed by atoms with Crippen molar-refractivity contribution < 1.29 is 23.9 Å². The Hall–Kier alpha value is -2.77. The van der Waals surface area contributed by atoms with Gasteiger partial charge in [0.2, 0.25) is 11.8 Å². The van der Waals surface area contributed by atoms with Crippen molar-refractivity contribution >= 4 is 17.9 Å². The number of amides is 3. The summed E-state index contributed by atoms with van der Waals surface area (Å²) < 4.78 is 10.3. The number of hydrogen-bond donors (Lipinski definition) is 1. The van der Waals surface area contributed by atoms with Gasteiger partial charge in [0.1, 0.15) is 5.75 Å². The third-order valence-corrected chi connectivity index (χ3v) is 6.35. The minimum atomic E-state index is -0.434. The number of carbonyl (C=O) groups is 3. The predicted octanol–water partition coefficient (Wildman–Crippen LogP) is 3.12. The molecule has 2 saturated heterocycles. The van der Waals surface area contributed by atoms with Gasteiger partial charge >= 0.3 is 6.09 Å². The summed E-state index contributed by atoms with van der Waals surface area (Å²) in [5.74, 6) is 0.243. The van der Waals surface area contributed by atoms with Gasteiger partial charge in [-0.05, 0) is 43.9 Å². The van der Waals surface area contributed by atoms with E-state index >= 15 is 0 Å². The van der Waals surface area contributed by atoms with Crippen molar-refractivity contribution in [2.75, 3.05) is 33.4 Å². The van der Waals surface area contributed by atoms with Crippen molar-refractivity contribution in [3.63, 3.8) is 0 Å². The fourth-order valence-electron chi connectivity index (χ4n) is 4.56. The quantitative estimate of drug-likeness (QED) is 0.664. The Balaban J connectivity index is 1.69. The Morgan fingerprint density at radius 1 is 1.12 bits per heavy atom. The molecule has 8 heteroatoms. The monoisotopic (exact) mass is 445 g/mol. The molecule has 2 aliphatic rings. The van der Waals surface area contributed by atoms with Crippen LogP contribution in [0.5, 0.6) is 5.75 Å². The molecule has 3 rings (SSSR count). The number of carbonyl (C=O) groups excluding carboxylic acids is 3. The SMILES string of the molecule is CCCCN1C(=O)CC(C(=O)NC2CCN(C(=O)OCC)CC2)C1c1ccc(OC)cc1. The van der Waals surface area contributed by atoms with Crippen LogP contribution in [0, 0.1) is 5.92 Å². The molecule has 2 fully saturated rings. The lowest BCUT2D eigenvalue weighted by Gasteiger charge is -2.33. The standard InChI is InChI=1S/C24H35N3O5/c1-4-6-13-27-21(28)16-20(22(27)17-7-9-19(31-3)10-8-17)23(29)25-18-11-14-26(15-12-18)24(30)32-5-2/h7-10,18,20,22H,4-6,11-16H2,1-3H3,(H,25,29). The molecule has 1 aromatic rings. The molecule has 2 atom stereocenters. The maximum Gasteiger partial charge on any atom is 0.409 e. The first-order valence-corrected chi connectivity index (χ1v) is 11.6. The average molecular weight is 446 g/mol. The van der Waals surface area contributed by atoms with Crippen LogP contribution >= 0.6 is 0 Å². The van der Waals surface area contributed by atoms with E-state index in [4.69, 9.17) is 9.47 Å². The van der Waals surface area contributed by atoms with Crippen LogP contribution in [-0.2, 0) is 14.3 Å². The number of ether oxygens (including phenoxy) is 2. The maximum atomic E-state index is 13.3. The molecule has 2 unspecified atom stereocenters. The number of methoxy groups -OCH3 is 1. The van der Waals surface area contributed by atoms with Gasteiger partial charge in [0.25, 0.3) is 0 Å². The molecule has 2 aliphatic heterocycles. The predicted molar refractivity (Wildman–Crippen MR) is 120 cm³/mol. The largest absolute Gasteiger partial charge is 0.497 e. The van der Waals surface area contributed by atoms with E-state index in [2.05, 4.69) is 12.2 Å². The summed E-state index contributed by atoms with van der Waals surface area (Å²) in [5, 5.41) is 3.15. The fraction of sp³-hybridized carbons (Fsp3) is 0.625. The van der Waals surface area contributed by atoms with E-state index in [0.29, 0.717) is 39.1 Å². The zero-order valence-electron chi connectivity index (χ0n) is 19.3. The van der Waals surface area contributed by atoms with Crippen LogP contribution in [0.15, 0.2) is 24.3 Å². The first-order chi connectivity index (χ1) is 15.5. The topological polar surface area (TPSA) is 88.2 Å². The third-order valence-electron chi connectivity index (χ3n) is 6.35. The molecule has 8 nitrogen and oxygen atoms in total. The molecule has 0 radical (unpaired) electrons. The zero-order valence-corrected chi connectivity index (χ0v) is 19.3. The van der Waals surface area contributed by atoms with E-state index in [1.54, 1.807) is 18.9 Å². The molecule has 176 valence electrons. The Bertz CT molecular complexity index is 789. The second kappa shape index (κ2) is 11.2. The van der Waals surface area contributed by atoms with Gasteiger partial charge in [-0.1, -0.05) is 25.5 Å². The lowest BCUT2D eigenvalue weighted by molar-refractivity contribution is -0.129. The third kappa shape index (κ3) is 5.53. The number of nitrogens with one attached hydrogen (secondary N) is 1. The van der Waals surface area contributed by atoms with Crippen LogP contribution < -0.4 is 10.1 Å². The smallest absolute Gasteiger partial charge is 0.409 e. The van der Waals surface area contributed by atoms with Crippen LogP contribution in [0.4, 0.5) is 4.79 Å². The molecule has 0 bridgehead atoms. The molecular formula is C24H35N3O5. The summed E-state index contributed by atoms with van der Waals surface area (Å²) in [7, 11) is 1.62. The lowest BCUT2D eigenvalue weighted by Crippen LogP contribution is -2.48. The summed E-state index contributed by atoms with van der Waals surface area (Å²) in [6.07, 6.45) is 3.16. The number of hydrogen-bond acceptors (Lipinski definition) is 5. The molecule has 0 saturated carbocycles. The van der Waals surface area contributed by atoms with Crippen LogP contribution in [-0.4, -0.2) is 67.1 Å². The zero-order chi connectivity index (χ0) is 23.1. The van der Waals surface area contributed by atoms with Crippen LogP contribution in [0.3, 0.4) is 0 Å². The number of nitrogens with zero attached hydrogens (tertiary/aromatic N) is 2. The first kappa shape index (κ1) is 23.9. The van der Waals surface area contributed by atoms with Crippen molar-refractivity contribution in [3.8, 4) is 5.75 Å². The highest BCUT2D eigenvalue weighted by Crippen LogP contribution is 2.39. The van der Waals surface area contributed by atoms with Gasteiger partial charge in [-0.3, -0.25) is 9.59 Å². The summed E-state index contributed by atoms with van der Waals surface area (Å²) in [6, 6.07) is 7.34. The molecule has 32 heavy (non-hydrogen) atoms. The molecule has 0 spiro atoms. The van der Waals surface area contributed by atoms with E-state index in [1.165, 1.54) is 0 Å². The van der Waals surface area contributed by atoms with Gasteiger partial charge < -0.3 is 24.6 Å². The normalized spacial score (nSPS) is 21.5. The second-order valence-electron chi connectivity index (χ2n) is 8.44. The summed E-state index contributed by atoms with van der Waals surface area (Å²) in [6.45, 7) is 5.99. The Kier molecular flexibility index (Phi) is 8.36. The van der Waals surface area contributed by atoms with Gasteiger partial charge in [-0.2, -0.15) is 0 Å². The number of benzene rings is 1. The maximum absolute atomic E-state index is 13.3. The van der Waals surface area contributed by atoms with Gasteiger partial charge in [-0.25, -0.2) is 4.79 Å².